The minimum Gasteiger partial charge on any atom is -0.496 e. The van der Waals surface area contributed by atoms with Gasteiger partial charge in [-0.3, -0.25) is 0 Å². The molecule has 0 radical (unpaired) electrons. The summed E-state index contributed by atoms with van der Waals surface area (Å²) in [7, 11) is 1.65. The third-order valence-corrected chi connectivity index (χ3v) is 2.86. The van der Waals surface area contributed by atoms with E-state index in [0.717, 1.165) is 11.3 Å². The maximum atomic E-state index is 6.05. The Bertz CT molecular complexity index is 368. The lowest BCUT2D eigenvalue weighted by molar-refractivity contribution is -0.0556. The molecule has 0 saturated carbocycles. The average Bonchev–Trinajstić information content (AvgIpc) is 2.42. The third kappa shape index (κ3) is 4.82. The van der Waals surface area contributed by atoms with Crippen LogP contribution in [0.5, 0.6) is 5.75 Å². The minimum absolute atomic E-state index is 0.0131. The van der Waals surface area contributed by atoms with E-state index in [0.29, 0.717) is 13.2 Å². The van der Waals surface area contributed by atoms with Crippen molar-refractivity contribution < 1.29 is 14.2 Å². The van der Waals surface area contributed by atoms with Crippen molar-refractivity contribution in [2.24, 2.45) is 5.73 Å². The molecule has 0 heterocycles. The van der Waals surface area contributed by atoms with Gasteiger partial charge in [0.1, 0.15) is 11.9 Å². The lowest BCUT2D eigenvalue weighted by Crippen LogP contribution is -2.31. The van der Waals surface area contributed by atoms with E-state index in [2.05, 4.69) is 0 Å². The maximum Gasteiger partial charge on any atom is 0.124 e. The van der Waals surface area contributed by atoms with Gasteiger partial charge in [-0.25, -0.2) is 0 Å². The molecule has 108 valence electrons. The van der Waals surface area contributed by atoms with Crippen molar-refractivity contribution in [1.82, 2.24) is 0 Å². The molecule has 3 atom stereocenters. The van der Waals surface area contributed by atoms with Crippen LogP contribution < -0.4 is 10.5 Å². The van der Waals surface area contributed by atoms with E-state index in [1.165, 1.54) is 0 Å². The Balaban J connectivity index is 2.82. The average molecular weight is 267 g/mol. The molecule has 0 saturated heterocycles. The van der Waals surface area contributed by atoms with E-state index >= 15 is 0 Å². The molecule has 3 unspecified atom stereocenters. The first-order valence-electron chi connectivity index (χ1n) is 6.71. The molecule has 0 aliphatic heterocycles. The zero-order valence-corrected chi connectivity index (χ0v) is 12.3. The van der Waals surface area contributed by atoms with Gasteiger partial charge < -0.3 is 19.9 Å². The van der Waals surface area contributed by atoms with Gasteiger partial charge in [-0.1, -0.05) is 18.2 Å². The Hall–Kier alpha value is -1.10. The normalized spacial score (nSPS) is 15.8. The summed E-state index contributed by atoms with van der Waals surface area (Å²) in [6.45, 7) is 7.14. The quantitative estimate of drug-likeness (QED) is 0.786. The van der Waals surface area contributed by atoms with Crippen LogP contribution in [0.4, 0.5) is 0 Å². The van der Waals surface area contributed by atoms with E-state index in [4.69, 9.17) is 19.9 Å². The van der Waals surface area contributed by atoms with Crippen LogP contribution in [0.15, 0.2) is 24.3 Å². The number of rotatable bonds is 8. The highest BCUT2D eigenvalue weighted by atomic mass is 16.5. The SMILES string of the molecule is CCOCC(C)OC(c1ccccc1OC)C(C)N. The number of hydrogen-bond acceptors (Lipinski definition) is 4. The number of benzene rings is 1. The molecule has 19 heavy (non-hydrogen) atoms. The Kier molecular flexibility index (Phi) is 6.84. The van der Waals surface area contributed by atoms with Gasteiger partial charge in [0.05, 0.1) is 19.8 Å². The van der Waals surface area contributed by atoms with Gasteiger partial charge >= 0.3 is 0 Å². The molecule has 0 fully saturated rings. The monoisotopic (exact) mass is 267 g/mol. The fourth-order valence-corrected chi connectivity index (χ4v) is 1.96. The van der Waals surface area contributed by atoms with Gasteiger partial charge in [0.15, 0.2) is 0 Å². The molecule has 4 nitrogen and oxygen atoms in total. The molecule has 4 heteroatoms. The van der Waals surface area contributed by atoms with Gasteiger partial charge in [-0.05, 0) is 26.8 Å². The van der Waals surface area contributed by atoms with Crippen molar-refractivity contribution in [3.8, 4) is 5.75 Å². The van der Waals surface area contributed by atoms with Gasteiger partial charge in [0, 0.05) is 18.2 Å². The highest BCUT2D eigenvalue weighted by molar-refractivity contribution is 5.35. The van der Waals surface area contributed by atoms with Crippen molar-refractivity contribution in [3.05, 3.63) is 29.8 Å². The number of hydrogen-bond donors (Lipinski definition) is 1. The summed E-state index contributed by atoms with van der Waals surface area (Å²) in [5, 5.41) is 0. The zero-order chi connectivity index (χ0) is 14.3. The summed E-state index contributed by atoms with van der Waals surface area (Å²) in [4.78, 5) is 0. The smallest absolute Gasteiger partial charge is 0.124 e. The lowest BCUT2D eigenvalue weighted by Gasteiger charge is -2.27. The lowest BCUT2D eigenvalue weighted by atomic mass is 10.0. The third-order valence-electron chi connectivity index (χ3n) is 2.86. The molecular weight excluding hydrogens is 242 g/mol. The fourth-order valence-electron chi connectivity index (χ4n) is 1.96. The summed E-state index contributed by atoms with van der Waals surface area (Å²) in [5.41, 5.74) is 7.02. The molecule has 1 aromatic carbocycles. The number of para-hydroxylation sites is 1. The minimum atomic E-state index is -0.202. The van der Waals surface area contributed by atoms with Crippen molar-refractivity contribution >= 4 is 0 Å². The van der Waals surface area contributed by atoms with E-state index in [-0.39, 0.29) is 18.2 Å². The predicted molar refractivity (Wildman–Crippen MR) is 76.4 cm³/mol. The van der Waals surface area contributed by atoms with Crippen LogP contribution in [-0.2, 0) is 9.47 Å². The van der Waals surface area contributed by atoms with Crippen LogP contribution in [0.2, 0.25) is 0 Å². The highest BCUT2D eigenvalue weighted by Gasteiger charge is 2.22. The molecule has 0 amide bonds. The van der Waals surface area contributed by atoms with E-state index < -0.39 is 0 Å². The van der Waals surface area contributed by atoms with Gasteiger partial charge in [0.2, 0.25) is 0 Å². The summed E-state index contributed by atoms with van der Waals surface area (Å²) in [6.07, 6.45) is -0.215. The van der Waals surface area contributed by atoms with Crippen LogP contribution in [0.25, 0.3) is 0 Å². The maximum absolute atomic E-state index is 6.05. The van der Waals surface area contributed by atoms with Crippen LogP contribution >= 0.6 is 0 Å². The molecule has 0 aromatic heterocycles. The standard InChI is InChI=1S/C15H25NO3/c1-5-18-10-11(2)19-15(12(3)16)13-8-6-7-9-14(13)17-4/h6-9,11-12,15H,5,10,16H2,1-4H3. The molecule has 0 spiro atoms. The van der Waals surface area contributed by atoms with Crippen molar-refractivity contribution in [2.75, 3.05) is 20.3 Å². The number of methoxy groups -OCH3 is 1. The molecule has 1 aromatic rings. The molecule has 1 rings (SSSR count). The number of ether oxygens (including phenoxy) is 3. The second kappa shape index (κ2) is 8.15. The summed E-state index contributed by atoms with van der Waals surface area (Å²) < 4.78 is 16.8. The van der Waals surface area contributed by atoms with Gasteiger partial charge in [-0.2, -0.15) is 0 Å². The largest absolute Gasteiger partial charge is 0.496 e. The van der Waals surface area contributed by atoms with Crippen LogP contribution in [0.1, 0.15) is 32.4 Å². The Morgan fingerprint density at radius 1 is 1.21 bits per heavy atom. The Labute approximate surface area is 115 Å². The van der Waals surface area contributed by atoms with Gasteiger partial charge in [0.25, 0.3) is 0 Å². The first-order valence-corrected chi connectivity index (χ1v) is 6.71. The highest BCUT2D eigenvalue weighted by Crippen LogP contribution is 2.30. The molecule has 2 N–H and O–H groups in total. The predicted octanol–water partition coefficient (Wildman–Crippen LogP) is 2.53. The topological polar surface area (TPSA) is 53.7 Å². The van der Waals surface area contributed by atoms with Crippen LogP contribution in [0.3, 0.4) is 0 Å². The first-order chi connectivity index (χ1) is 9.10. The number of nitrogens with two attached hydrogens (primary N) is 1. The Morgan fingerprint density at radius 3 is 2.47 bits per heavy atom. The summed E-state index contributed by atoms with van der Waals surface area (Å²) in [6, 6.07) is 7.68. The fraction of sp³-hybridized carbons (Fsp3) is 0.600. The van der Waals surface area contributed by atoms with Gasteiger partial charge in [-0.15, -0.1) is 0 Å². The zero-order valence-electron chi connectivity index (χ0n) is 12.3. The van der Waals surface area contributed by atoms with Crippen molar-refractivity contribution in [1.29, 1.82) is 0 Å². The van der Waals surface area contributed by atoms with Crippen molar-refractivity contribution in [3.63, 3.8) is 0 Å². The second-order valence-electron chi connectivity index (χ2n) is 4.63. The van der Waals surface area contributed by atoms with E-state index in [9.17, 15) is 0 Å². The van der Waals surface area contributed by atoms with Crippen LogP contribution in [-0.4, -0.2) is 32.5 Å². The van der Waals surface area contributed by atoms with E-state index in [1.807, 2.05) is 45.0 Å². The second-order valence-corrected chi connectivity index (χ2v) is 4.63. The molecule has 0 aliphatic rings. The Morgan fingerprint density at radius 2 is 1.89 bits per heavy atom. The van der Waals surface area contributed by atoms with E-state index in [1.54, 1.807) is 7.11 Å². The molecular formula is C15H25NO3. The summed E-state index contributed by atoms with van der Waals surface area (Å²) >= 11 is 0. The van der Waals surface area contributed by atoms with Crippen LogP contribution in [0, 0.1) is 0 Å². The molecule has 0 aliphatic carbocycles. The first kappa shape index (κ1) is 16.0. The summed E-state index contributed by atoms with van der Waals surface area (Å²) in [5.74, 6) is 0.799. The van der Waals surface area contributed by atoms with Crippen molar-refractivity contribution in [2.45, 2.75) is 39.0 Å². The molecule has 0 bridgehead atoms.